The molecule has 1 atom stereocenters. The molecule has 1 aliphatic heterocycles. The van der Waals surface area contributed by atoms with E-state index in [1.54, 1.807) is 6.07 Å². The zero-order valence-electron chi connectivity index (χ0n) is 11.4. The van der Waals surface area contributed by atoms with E-state index in [0.717, 1.165) is 0 Å². The monoisotopic (exact) mass is 311 g/mol. The summed E-state index contributed by atoms with van der Waals surface area (Å²) in [6.07, 6.45) is -4.49. The zero-order valence-corrected chi connectivity index (χ0v) is 11.4. The minimum absolute atomic E-state index is 0.103. The number of carbonyl (C=O) groups excluding carboxylic acids is 2. The van der Waals surface area contributed by atoms with Crippen LogP contribution in [-0.4, -0.2) is 35.5 Å². The second-order valence-corrected chi connectivity index (χ2v) is 4.84. The van der Waals surface area contributed by atoms with Gasteiger partial charge in [0, 0.05) is 12.2 Å². The highest BCUT2D eigenvalue weighted by Gasteiger charge is 2.47. The van der Waals surface area contributed by atoms with Gasteiger partial charge in [-0.05, 0) is 31.0 Å². The van der Waals surface area contributed by atoms with Gasteiger partial charge in [-0.1, -0.05) is 6.07 Å². The number of carbonyl (C=O) groups is 2. The van der Waals surface area contributed by atoms with Crippen molar-refractivity contribution in [1.82, 2.24) is 4.90 Å². The molecule has 1 aromatic rings. The Hall–Kier alpha value is -2.56. The van der Waals surface area contributed by atoms with Crippen molar-refractivity contribution < 1.29 is 22.8 Å². The molecule has 1 aliphatic rings. The predicted octanol–water partition coefficient (Wildman–Crippen LogP) is 2.05. The Morgan fingerprint density at radius 2 is 2.09 bits per heavy atom. The Morgan fingerprint density at radius 1 is 1.36 bits per heavy atom. The number of hydrogen-bond donors (Lipinski definition) is 1. The highest BCUT2D eigenvalue weighted by molar-refractivity contribution is 5.98. The molecule has 0 saturated carbocycles. The Morgan fingerprint density at radius 3 is 2.73 bits per heavy atom. The fraction of sp³-hybridized carbons (Fsp3) is 0.357. The summed E-state index contributed by atoms with van der Waals surface area (Å²) in [6.45, 7) is -0.103. The van der Waals surface area contributed by atoms with Crippen molar-refractivity contribution in [3.05, 3.63) is 29.8 Å². The van der Waals surface area contributed by atoms with Gasteiger partial charge >= 0.3 is 12.1 Å². The van der Waals surface area contributed by atoms with Gasteiger partial charge in [0.05, 0.1) is 11.6 Å². The average Bonchev–Trinajstić information content (AvgIpc) is 2.95. The van der Waals surface area contributed by atoms with Crippen LogP contribution in [0, 0.1) is 11.3 Å². The van der Waals surface area contributed by atoms with E-state index in [2.05, 4.69) is 5.32 Å². The van der Waals surface area contributed by atoms with Gasteiger partial charge in [-0.25, -0.2) is 0 Å². The van der Waals surface area contributed by atoms with Crippen LogP contribution in [0.1, 0.15) is 18.4 Å². The Kier molecular flexibility index (Phi) is 4.35. The highest BCUT2D eigenvalue weighted by Crippen LogP contribution is 2.26. The first-order chi connectivity index (χ1) is 10.3. The standard InChI is InChI=1S/C14H12F3N3O2/c15-14(16,17)13(22)20-6-2-5-11(20)12(21)19-10-4-1-3-9(7-10)8-18/h1,3-4,7,11H,2,5-6H2,(H,19,21). The van der Waals surface area contributed by atoms with E-state index in [0.29, 0.717) is 22.6 Å². The first-order valence-electron chi connectivity index (χ1n) is 6.52. The number of amides is 2. The average molecular weight is 311 g/mol. The van der Waals surface area contributed by atoms with Gasteiger partial charge in [0.15, 0.2) is 0 Å². The number of alkyl halides is 3. The largest absolute Gasteiger partial charge is 0.471 e. The number of likely N-dealkylation sites (tertiary alicyclic amines) is 1. The molecule has 2 rings (SSSR count). The van der Waals surface area contributed by atoms with Gasteiger partial charge in [-0.3, -0.25) is 9.59 Å². The molecule has 1 heterocycles. The van der Waals surface area contributed by atoms with E-state index in [1.807, 2.05) is 6.07 Å². The number of anilines is 1. The van der Waals surface area contributed by atoms with Gasteiger partial charge in [-0.15, -0.1) is 0 Å². The number of benzene rings is 1. The van der Waals surface area contributed by atoms with Crippen LogP contribution in [-0.2, 0) is 9.59 Å². The molecule has 2 amide bonds. The molecule has 5 nitrogen and oxygen atoms in total. The molecule has 0 bridgehead atoms. The van der Waals surface area contributed by atoms with Crippen LogP contribution in [0.25, 0.3) is 0 Å². The third kappa shape index (κ3) is 3.36. The summed E-state index contributed by atoms with van der Waals surface area (Å²) in [5.74, 6) is -2.69. The van der Waals surface area contributed by atoms with Crippen molar-refractivity contribution in [3.63, 3.8) is 0 Å². The van der Waals surface area contributed by atoms with Crippen LogP contribution in [0.3, 0.4) is 0 Å². The van der Waals surface area contributed by atoms with E-state index in [-0.39, 0.29) is 13.0 Å². The maximum atomic E-state index is 12.5. The number of nitriles is 1. The Balaban J connectivity index is 2.11. The van der Waals surface area contributed by atoms with Crippen molar-refractivity contribution >= 4 is 17.5 Å². The molecule has 1 fully saturated rings. The van der Waals surface area contributed by atoms with E-state index in [4.69, 9.17) is 5.26 Å². The molecular formula is C14H12F3N3O2. The first-order valence-corrected chi connectivity index (χ1v) is 6.52. The second-order valence-electron chi connectivity index (χ2n) is 4.84. The number of nitrogens with one attached hydrogen (secondary N) is 1. The maximum Gasteiger partial charge on any atom is 0.471 e. The van der Waals surface area contributed by atoms with E-state index in [9.17, 15) is 22.8 Å². The molecule has 116 valence electrons. The van der Waals surface area contributed by atoms with E-state index >= 15 is 0 Å². The SMILES string of the molecule is N#Cc1cccc(NC(=O)C2CCCN2C(=O)C(F)(F)F)c1. The lowest BCUT2D eigenvalue weighted by Crippen LogP contribution is -2.48. The minimum Gasteiger partial charge on any atom is -0.324 e. The molecule has 8 heteroatoms. The number of halogens is 3. The fourth-order valence-electron chi connectivity index (χ4n) is 2.34. The van der Waals surface area contributed by atoms with Crippen molar-refractivity contribution in [3.8, 4) is 6.07 Å². The van der Waals surface area contributed by atoms with Crippen LogP contribution in [0.4, 0.5) is 18.9 Å². The lowest BCUT2D eigenvalue weighted by atomic mass is 10.1. The summed E-state index contributed by atoms with van der Waals surface area (Å²) < 4.78 is 37.5. The van der Waals surface area contributed by atoms with Crippen molar-refractivity contribution in [2.75, 3.05) is 11.9 Å². The minimum atomic E-state index is -5.00. The fourth-order valence-corrected chi connectivity index (χ4v) is 2.34. The molecular weight excluding hydrogens is 299 g/mol. The van der Waals surface area contributed by atoms with Crippen LogP contribution in [0.2, 0.25) is 0 Å². The molecule has 0 aliphatic carbocycles. The molecule has 1 aromatic carbocycles. The summed E-state index contributed by atoms with van der Waals surface area (Å²) in [4.78, 5) is 24.0. The zero-order chi connectivity index (χ0) is 16.3. The second kappa shape index (κ2) is 6.05. The highest BCUT2D eigenvalue weighted by atomic mass is 19.4. The summed E-state index contributed by atoms with van der Waals surface area (Å²) in [6, 6.07) is 6.74. The van der Waals surface area contributed by atoms with Gasteiger partial charge in [0.1, 0.15) is 6.04 Å². The van der Waals surface area contributed by atoms with Gasteiger partial charge < -0.3 is 10.2 Å². The van der Waals surface area contributed by atoms with Crippen LogP contribution < -0.4 is 5.32 Å². The lowest BCUT2D eigenvalue weighted by Gasteiger charge is -2.24. The van der Waals surface area contributed by atoms with Crippen LogP contribution >= 0.6 is 0 Å². The summed E-state index contributed by atoms with van der Waals surface area (Å²) >= 11 is 0. The molecule has 0 spiro atoms. The number of hydrogen-bond acceptors (Lipinski definition) is 3. The van der Waals surface area contributed by atoms with Crippen molar-refractivity contribution in [2.45, 2.75) is 25.1 Å². The van der Waals surface area contributed by atoms with Crippen molar-refractivity contribution in [1.29, 1.82) is 5.26 Å². The normalized spacial score (nSPS) is 17.9. The van der Waals surface area contributed by atoms with Gasteiger partial charge in [0.25, 0.3) is 0 Å². The van der Waals surface area contributed by atoms with Gasteiger partial charge in [-0.2, -0.15) is 18.4 Å². The topological polar surface area (TPSA) is 73.2 Å². The quantitative estimate of drug-likeness (QED) is 0.908. The lowest BCUT2D eigenvalue weighted by molar-refractivity contribution is -0.186. The molecule has 22 heavy (non-hydrogen) atoms. The third-order valence-corrected chi connectivity index (χ3v) is 3.32. The summed E-state index contributed by atoms with van der Waals surface area (Å²) in [5.41, 5.74) is 0.614. The Labute approximate surface area is 124 Å². The smallest absolute Gasteiger partial charge is 0.324 e. The maximum absolute atomic E-state index is 12.5. The molecule has 0 radical (unpaired) electrons. The van der Waals surface area contributed by atoms with E-state index < -0.39 is 24.0 Å². The van der Waals surface area contributed by atoms with Gasteiger partial charge in [0.2, 0.25) is 5.91 Å². The molecule has 1 unspecified atom stereocenters. The third-order valence-electron chi connectivity index (χ3n) is 3.32. The number of rotatable bonds is 2. The molecule has 0 aromatic heterocycles. The summed E-state index contributed by atoms with van der Waals surface area (Å²) in [7, 11) is 0. The summed E-state index contributed by atoms with van der Waals surface area (Å²) in [5, 5.41) is 11.2. The molecule has 1 N–H and O–H groups in total. The predicted molar refractivity (Wildman–Crippen MR) is 70.6 cm³/mol. The van der Waals surface area contributed by atoms with Crippen LogP contribution in [0.5, 0.6) is 0 Å². The Bertz CT molecular complexity index is 637. The first kappa shape index (κ1) is 15.8. The number of nitrogens with zero attached hydrogens (tertiary/aromatic N) is 2. The van der Waals surface area contributed by atoms with E-state index in [1.165, 1.54) is 18.2 Å². The van der Waals surface area contributed by atoms with Crippen LogP contribution in [0.15, 0.2) is 24.3 Å². The molecule has 1 saturated heterocycles. The van der Waals surface area contributed by atoms with Crippen molar-refractivity contribution in [2.24, 2.45) is 0 Å².